The van der Waals surface area contributed by atoms with Crippen LogP contribution in [-0.2, 0) is 0 Å². The molecule has 0 spiro atoms. The minimum Gasteiger partial charge on any atom is -0.454 e. The number of alkyl halides is 3. The molecule has 0 radical (unpaired) electrons. The molecule has 0 aliphatic rings. The Balaban J connectivity index is 1.55. The zero-order chi connectivity index (χ0) is 28.2. The van der Waals surface area contributed by atoms with Crippen molar-refractivity contribution < 1.29 is 45.4 Å². The third kappa shape index (κ3) is 6.85. The van der Waals surface area contributed by atoms with Gasteiger partial charge in [0.05, 0.1) is 0 Å². The van der Waals surface area contributed by atoms with Crippen molar-refractivity contribution in [2.24, 2.45) is 0 Å². The Bertz CT molecular complexity index is 1510. The number of carbonyl (C=O) groups excluding carboxylic acids is 2. The lowest BCUT2D eigenvalue weighted by Gasteiger charge is -2.10. The first kappa shape index (κ1) is 27.0. The normalized spacial score (nSPS) is 11.1. The van der Waals surface area contributed by atoms with Crippen molar-refractivity contribution in [3.8, 4) is 28.9 Å². The van der Waals surface area contributed by atoms with Crippen molar-refractivity contribution in [1.29, 1.82) is 0 Å². The quantitative estimate of drug-likeness (QED) is 0.285. The lowest BCUT2D eigenvalue weighted by atomic mass is 10.1. The molecule has 0 aliphatic carbocycles. The molecule has 14 heteroatoms. The summed E-state index contributed by atoms with van der Waals surface area (Å²) in [6.07, 6.45) is -4.25. The summed E-state index contributed by atoms with van der Waals surface area (Å²) in [6.45, 7) is -1.73. The number of carbonyl (C=O) groups is 2. The summed E-state index contributed by atoms with van der Waals surface area (Å²) < 4.78 is 80.9. The molecule has 4 aromatic rings. The van der Waals surface area contributed by atoms with Crippen LogP contribution in [0.3, 0.4) is 0 Å². The summed E-state index contributed by atoms with van der Waals surface area (Å²) in [4.78, 5) is 32.2. The first-order valence-corrected chi connectivity index (χ1v) is 11.0. The van der Waals surface area contributed by atoms with Crippen molar-refractivity contribution in [2.45, 2.75) is 6.18 Å². The maximum Gasteiger partial charge on any atom is 0.422 e. The number of halogens is 5. The number of benzene rings is 2. The molecule has 2 amide bonds. The van der Waals surface area contributed by atoms with E-state index in [1.807, 2.05) is 0 Å². The molecule has 2 heterocycles. The molecule has 0 unspecified atom stereocenters. The van der Waals surface area contributed by atoms with Crippen LogP contribution >= 0.6 is 0 Å². The number of pyridine rings is 1. The summed E-state index contributed by atoms with van der Waals surface area (Å²) in [5, 5.41) is 4.75. The van der Waals surface area contributed by atoms with Crippen molar-refractivity contribution in [3.05, 3.63) is 83.8 Å². The van der Waals surface area contributed by atoms with Gasteiger partial charge < -0.3 is 24.5 Å². The van der Waals surface area contributed by atoms with E-state index in [0.717, 1.165) is 18.2 Å². The molecule has 202 valence electrons. The SMILES string of the molecule is CNC(=O)c1cc(Oc2ccc(NC(=O)c3nc(OCC(F)(F)F)oc3-c3ccc(F)cc3)cc2F)ccn1. The van der Waals surface area contributed by atoms with Gasteiger partial charge in [0.2, 0.25) is 0 Å². The van der Waals surface area contributed by atoms with Crippen LogP contribution in [0.1, 0.15) is 21.0 Å². The molecular formula is C25H17F5N4O5. The molecule has 0 bridgehead atoms. The molecule has 2 aromatic carbocycles. The van der Waals surface area contributed by atoms with Crippen LogP contribution in [-0.4, -0.2) is 41.6 Å². The van der Waals surface area contributed by atoms with Crippen LogP contribution in [0.25, 0.3) is 11.3 Å². The van der Waals surface area contributed by atoms with E-state index in [1.54, 1.807) is 0 Å². The molecule has 2 N–H and O–H groups in total. The second-order valence-electron chi connectivity index (χ2n) is 7.73. The lowest BCUT2D eigenvalue weighted by molar-refractivity contribution is -0.156. The average molecular weight is 548 g/mol. The zero-order valence-electron chi connectivity index (χ0n) is 19.8. The second kappa shape index (κ2) is 11.2. The number of aromatic nitrogens is 2. The number of hydrogen-bond acceptors (Lipinski definition) is 7. The Morgan fingerprint density at radius 3 is 2.41 bits per heavy atom. The Hall–Kier alpha value is -5.01. The lowest BCUT2D eigenvalue weighted by Crippen LogP contribution is -2.19. The minimum atomic E-state index is -4.70. The highest BCUT2D eigenvalue weighted by Crippen LogP contribution is 2.31. The maximum absolute atomic E-state index is 14.7. The summed E-state index contributed by atoms with van der Waals surface area (Å²) in [5.41, 5.74) is -0.378. The number of ether oxygens (including phenoxy) is 2. The zero-order valence-corrected chi connectivity index (χ0v) is 19.8. The van der Waals surface area contributed by atoms with Gasteiger partial charge in [-0.2, -0.15) is 18.2 Å². The third-order valence-corrected chi connectivity index (χ3v) is 4.90. The van der Waals surface area contributed by atoms with E-state index in [0.29, 0.717) is 0 Å². The van der Waals surface area contributed by atoms with E-state index in [1.165, 1.54) is 49.6 Å². The first-order chi connectivity index (χ1) is 18.5. The van der Waals surface area contributed by atoms with Crippen LogP contribution in [0.5, 0.6) is 17.6 Å². The largest absolute Gasteiger partial charge is 0.454 e. The second-order valence-corrected chi connectivity index (χ2v) is 7.73. The van der Waals surface area contributed by atoms with Gasteiger partial charge in [-0.25, -0.2) is 8.78 Å². The fourth-order valence-electron chi connectivity index (χ4n) is 3.16. The average Bonchev–Trinajstić information content (AvgIpc) is 3.33. The van der Waals surface area contributed by atoms with Crippen LogP contribution in [0.4, 0.5) is 27.6 Å². The molecule has 0 atom stereocenters. The van der Waals surface area contributed by atoms with Crippen LogP contribution in [0.15, 0.2) is 65.2 Å². The minimum absolute atomic E-state index is 0.0439. The molecule has 39 heavy (non-hydrogen) atoms. The Morgan fingerprint density at radius 2 is 1.74 bits per heavy atom. The van der Waals surface area contributed by atoms with Gasteiger partial charge in [0.1, 0.15) is 17.3 Å². The predicted octanol–water partition coefficient (Wildman–Crippen LogP) is 5.36. The molecule has 0 fully saturated rings. The fourth-order valence-corrected chi connectivity index (χ4v) is 3.16. The molecule has 2 aromatic heterocycles. The van der Waals surface area contributed by atoms with Crippen molar-refractivity contribution >= 4 is 17.5 Å². The molecular weight excluding hydrogens is 531 g/mol. The molecule has 0 saturated heterocycles. The van der Waals surface area contributed by atoms with E-state index in [9.17, 15) is 31.5 Å². The molecule has 0 aliphatic heterocycles. The van der Waals surface area contributed by atoms with Crippen molar-refractivity contribution in [2.75, 3.05) is 19.0 Å². The first-order valence-electron chi connectivity index (χ1n) is 11.0. The highest BCUT2D eigenvalue weighted by Gasteiger charge is 2.31. The monoisotopic (exact) mass is 548 g/mol. The van der Waals surface area contributed by atoms with Crippen LogP contribution < -0.4 is 20.1 Å². The van der Waals surface area contributed by atoms with E-state index in [2.05, 4.69) is 25.3 Å². The Morgan fingerprint density at radius 1 is 1.00 bits per heavy atom. The summed E-state index contributed by atoms with van der Waals surface area (Å²) in [6, 6.07) is 10.7. The Kier molecular flexibility index (Phi) is 7.74. The van der Waals surface area contributed by atoms with E-state index in [4.69, 9.17) is 9.15 Å². The highest BCUT2D eigenvalue weighted by atomic mass is 19.4. The van der Waals surface area contributed by atoms with Crippen molar-refractivity contribution in [3.63, 3.8) is 0 Å². The van der Waals surface area contributed by atoms with Gasteiger partial charge >= 0.3 is 12.3 Å². The van der Waals surface area contributed by atoms with Gasteiger partial charge in [0.25, 0.3) is 11.8 Å². The Labute approximate surface area is 216 Å². The number of nitrogens with one attached hydrogen (secondary N) is 2. The standard InChI is InChI=1S/C25H17F5N4O5/c1-31-22(35)18-11-16(8-9-32-18)38-19-7-6-15(10-17(19)27)33-23(36)20-21(13-2-4-14(26)5-3-13)39-24(34-20)37-12-25(28,29)30/h2-11H,12H2,1H3,(H,31,35)(H,33,36). The van der Waals surface area contributed by atoms with Gasteiger partial charge in [-0.1, -0.05) is 0 Å². The van der Waals surface area contributed by atoms with Crippen molar-refractivity contribution in [1.82, 2.24) is 15.3 Å². The van der Waals surface area contributed by atoms with Gasteiger partial charge in [-0.05, 0) is 42.5 Å². The summed E-state index contributed by atoms with van der Waals surface area (Å²) >= 11 is 0. The van der Waals surface area contributed by atoms with Crippen LogP contribution in [0, 0.1) is 11.6 Å². The van der Waals surface area contributed by atoms with Gasteiger partial charge in [0, 0.05) is 36.6 Å². The smallest absolute Gasteiger partial charge is 0.422 e. The number of hydrogen-bond donors (Lipinski definition) is 2. The fraction of sp³-hybridized carbons (Fsp3) is 0.120. The summed E-state index contributed by atoms with van der Waals surface area (Å²) in [7, 11) is 1.42. The summed E-state index contributed by atoms with van der Waals surface area (Å²) in [5.74, 6) is -3.35. The number of rotatable bonds is 8. The predicted molar refractivity (Wildman–Crippen MR) is 126 cm³/mol. The van der Waals surface area contributed by atoms with E-state index < -0.39 is 48.0 Å². The molecule has 0 saturated carbocycles. The topological polar surface area (TPSA) is 116 Å². The number of amides is 2. The van der Waals surface area contributed by atoms with Gasteiger partial charge in [0.15, 0.2) is 29.6 Å². The number of anilines is 1. The number of oxazole rings is 1. The highest BCUT2D eigenvalue weighted by molar-refractivity contribution is 6.06. The maximum atomic E-state index is 14.7. The van der Waals surface area contributed by atoms with E-state index >= 15 is 0 Å². The van der Waals surface area contributed by atoms with Gasteiger partial charge in [-0.3, -0.25) is 14.6 Å². The third-order valence-electron chi connectivity index (χ3n) is 4.90. The van der Waals surface area contributed by atoms with Crippen LogP contribution in [0.2, 0.25) is 0 Å². The number of nitrogens with zero attached hydrogens (tertiary/aromatic N) is 2. The molecule has 9 nitrogen and oxygen atoms in total. The van der Waals surface area contributed by atoms with Gasteiger partial charge in [-0.15, -0.1) is 0 Å². The van der Waals surface area contributed by atoms with E-state index in [-0.39, 0.29) is 34.2 Å². The molecule has 4 rings (SSSR count).